The van der Waals surface area contributed by atoms with E-state index in [-0.39, 0.29) is 23.8 Å². The topological polar surface area (TPSA) is 52.5 Å². The molecule has 0 saturated carbocycles. The van der Waals surface area contributed by atoms with Crippen molar-refractivity contribution in [2.75, 3.05) is 11.9 Å². The third-order valence-electron chi connectivity index (χ3n) is 4.78. The molecular formula is C22H27NO2. The molecular weight excluding hydrogens is 310 g/mol. The van der Waals surface area contributed by atoms with Crippen LogP contribution in [0.2, 0.25) is 0 Å². The molecule has 0 spiro atoms. The molecule has 0 bridgehead atoms. The molecule has 3 heteroatoms. The van der Waals surface area contributed by atoms with E-state index in [2.05, 4.69) is 50.4 Å². The number of aromatic hydroxyl groups is 1. The molecule has 0 aliphatic carbocycles. The van der Waals surface area contributed by atoms with Gasteiger partial charge in [0.2, 0.25) is 0 Å². The smallest absolute Gasteiger partial charge is 0.115 e. The second-order valence-corrected chi connectivity index (χ2v) is 7.76. The number of aliphatic hydroxyl groups is 1. The third-order valence-corrected chi connectivity index (χ3v) is 4.78. The average molecular weight is 337 g/mol. The summed E-state index contributed by atoms with van der Waals surface area (Å²) in [5.41, 5.74) is 6.14. The van der Waals surface area contributed by atoms with Gasteiger partial charge in [-0.3, -0.25) is 0 Å². The lowest BCUT2D eigenvalue weighted by molar-refractivity contribution is 0.302. The average Bonchev–Trinajstić information content (AvgIpc) is 2.57. The molecule has 0 saturated heterocycles. The minimum absolute atomic E-state index is 0.0200. The largest absolute Gasteiger partial charge is 0.508 e. The summed E-state index contributed by atoms with van der Waals surface area (Å²) in [6.45, 7) is 6.82. The van der Waals surface area contributed by atoms with Gasteiger partial charge >= 0.3 is 0 Å². The van der Waals surface area contributed by atoms with E-state index < -0.39 is 0 Å². The lowest BCUT2D eigenvalue weighted by Crippen LogP contribution is -2.22. The van der Waals surface area contributed by atoms with Crippen LogP contribution in [0.3, 0.4) is 0 Å². The van der Waals surface area contributed by atoms with Crippen molar-refractivity contribution in [3.63, 3.8) is 0 Å². The van der Waals surface area contributed by atoms with Crippen LogP contribution in [-0.4, -0.2) is 16.8 Å². The van der Waals surface area contributed by atoms with Gasteiger partial charge in [0.1, 0.15) is 5.75 Å². The second-order valence-electron chi connectivity index (χ2n) is 7.76. The maximum absolute atomic E-state index is 9.84. The molecule has 1 heterocycles. The lowest BCUT2D eigenvalue weighted by Gasteiger charge is -2.32. The Bertz CT molecular complexity index is 787. The Kier molecular flexibility index (Phi) is 4.87. The van der Waals surface area contributed by atoms with Gasteiger partial charge in [-0.05, 0) is 58.7 Å². The Hall–Kier alpha value is -2.26. The van der Waals surface area contributed by atoms with E-state index in [9.17, 15) is 10.2 Å². The number of phenols is 1. The van der Waals surface area contributed by atoms with Crippen LogP contribution < -0.4 is 5.32 Å². The van der Waals surface area contributed by atoms with Crippen LogP contribution in [0, 0.1) is 0 Å². The van der Waals surface area contributed by atoms with Crippen LogP contribution in [0.15, 0.2) is 54.1 Å². The molecule has 0 unspecified atom stereocenters. The fourth-order valence-corrected chi connectivity index (χ4v) is 3.36. The van der Waals surface area contributed by atoms with Crippen LogP contribution in [-0.2, 0) is 11.8 Å². The molecule has 3 N–H and O–H groups in total. The monoisotopic (exact) mass is 337 g/mol. The Morgan fingerprint density at radius 2 is 1.96 bits per heavy atom. The van der Waals surface area contributed by atoms with E-state index in [1.807, 2.05) is 12.1 Å². The predicted octanol–water partition coefficient (Wildman–Crippen LogP) is 4.71. The van der Waals surface area contributed by atoms with Crippen molar-refractivity contribution in [3.8, 4) is 5.75 Å². The number of anilines is 1. The summed E-state index contributed by atoms with van der Waals surface area (Å²) < 4.78 is 0. The highest BCUT2D eigenvalue weighted by Gasteiger charge is 2.25. The number of hydrogen-bond acceptors (Lipinski definition) is 3. The van der Waals surface area contributed by atoms with Gasteiger partial charge in [-0.1, -0.05) is 51.1 Å². The summed E-state index contributed by atoms with van der Waals surface area (Å²) >= 11 is 0. The first-order valence-corrected chi connectivity index (χ1v) is 8.87. The van der Waals surface area contributed by atoms with Crippen LogP contribution in [0.1, 0.15) is 49.9 Å². The predicted molar refractivity (Wildman–Crippen MR) is 103 cm³/mol. The van der Waals surface area contributed by atoms with Crippen molar-refractivity contribution in [3.05, 3.63) is 70.8 Å². The third kappa shape index (κ3) is 3.88. The first-order valence-electron chi connectivity index (χ1n) is 8.87. The molecule has 2 aromatic rings. The van der Waals surface area contributed by atoms with Crippen molar-refractivity contribution in [1.29, 1.82) is 0 Å². The van der Waals surface area contributed by atoms with Gasteiger partial charge in [0.05, 0.1) is 6.04 Å². The second kappa shape index (κ2) is 6.93. The zero-order valence-corrected chi connectivity index (χ0v) is 15.2. The summed E-state index contributed by atoms with van der Waals surface area (Å²) in [4.78, 5) is 0. The molecule has 1 aliphatic rings. The molecule has 0 radical (unpaired) electrons. The molecule has 0 fully saturated rings. The highest BCUT2D eigenvalue weighted by Crippen LogP contribution is 2.39. The van der Waals surface area contributed by atoms with E-state index in [4.69, 9.17) is 0 Å². The maximum atomic E-state index is 9.84. The Morgan fingerprint density at radius 1 is 1.16 bits per heavy atom. The zero-order valence-electron chi connectivity index (χ0n) is 15.2. The van der Waals surface area contributed by atoms with Gasteiger partial charge in [-0.15, -0.1) is 0 Å². The van der Waals surface area contributed by atoms with Crippen LogP contribution in [0.5, 0.6) is 5.75 Å². The molecule has 132 valence electrons. The fourth-order valence-electron chi connectivity index (χ4n) is 3.36. The zero-order chi connectivity index (χ0) is 18.0. The minimum Gasteiger partial charge on any atom is -0.508 e. The van der Waals surface area contributed by atoms with Crippen molar-refractivity contribution in [1.82, 2.24) is 0 Å². The lowest BCUT2D eigenvalue weighted by atomic mass is 9.82. The van der Waals surface area contributed by atoms with Crippen LogP contribution in [0.4, 0.5) is 5.69 Å². The summed E-state index contributed by atoms with van der Waals surface area (Å²) in [7, 11) is 0. The van der Waals surface area contributed by atoms with Gasteiger partial charge in [-0.25, -0.2) is 0 Å². The van der Waals surface area contributed by atoms with Crippen LogP contribution >= 0.6 is 0 Å². The highest BCUT2D eigenvalue weighted by atomic mass is 16.3. The number of nitrogens with one attached hydrogen (secondary N) is 1. The molecule has 3 rings (SSSR count). The van der Waals surface area contributed by atoms with Gasteiger partial charge < -0.3 is 15.5 Å². The number of phenolic OH excluding ortho intramolecular Hbond substituents is 1. The maximum Gasteiger partial charge on any atom is 0.115 e. The fraction of sp³-hybridized carbons (Fsp3) is 0.364. The van der Waals surface area contributed by atoms with Gasteiger partial charge in [-0.2, -0.15) is 0 Å². The molecule has 25 heavy (non-hydrogen) atoms. The Morgan fingerprint density at radius 3 is 2.64 bits per heavy atom. The van der Waals surface area contributed by atoms with E-state index in [0.717, 1.165) is 17.7 Å². The number of rotatable bonds is 3. The summed E-state index contributed by atoms with van der Waals surface area (Å²) in [6.07, 6.45) is 3.61. The molecule has 2 aromatic carbocycles. The highest BCUT2D eigenvalue weighted by molar-refractivity contribution is 5.61. The van der Waals surface area contributed by atoms with Crippen molar-refractivity contribution < 1.29 is 10.2 Å². The standard InChI is InChI=1S/C22H27NO2/c1-22(2,3)18-9-10-20-17(13-18)12-15(7-5-11-24)21(23-20)16-6-4-8-19(25)14-16/h4,6-10,13-14,21,23-25H,5,11-12H2,1-3H3/b15-7-/t21-/m1/s1. The van der Waals surface area contributed by atoms with Crippen molar-refractivity contribution in [2.45, 2.75) is 45.1 Å². The van der Waals surface area contributed by atoms with Gasteiger partial charge in [0.15, 0.2) is 0 Å². The molecule has 0 amide bonds. The molecule has 1 aliphatic heterocycles. The van der Waals surface area contributed by atoms with E-state index in [0.29, 0.717) is 6.42 Å². The molecule has 1 atom stereocenters. The quantitative estimate of drug-likeness (QED) is 0.711. The van der Waals surface area contributed by atoms with Gasteiger partial charge in [0.25, 0.3) is 0 Å². The Labute approximate surface area is 150 Å². The number of benzene rings is 2. The van der Waals surface area contributed by atoms with Gasteiger partial charge in [0, 0.05) is 12.3 Å². The normalized spacial score (nSPS) is 18.7. The number of hydrogen-bond donors (Lipinski definition) is 3. The van der Waals surface area contributed by atoms with E-state index >= 15 is 0 Å². The summed E-state index contributed by atoms with van der Waals surface area (Å²) in [5, 5.41) is 22.7. The van der Waals surface area contributed by atoms with E-state index in [1.54, 1.807) is 12.1 Å². The number of aliphatic hydroxyl groups excluding tert-OH is 1. The molecule has 0 aromatic heterocycles. The summed E-state index contributed by atoms with van der Waals surface area (Å²) in [6, 6.07) is 14.0. The van der Waals surface area contributed by atoms with Crippen LogP contribution in [0.25, 0.3) is 0 Å². The Balaban J connectivity index is 2.01. The first-order chi connectivity index (χ1) is 11.9. The molecule has 3 nitrogen and oxygen atoms in total. The minimum atomic E-state index is 0.0200. The first kappa shape index (κ1) is 17.6. The summed E-state index contributed by atoms with van der Waals surface area (Å²) in [5.74, 6) is 0.273. The van der Waals surface area contributed by atoms with Crippen molar-refractivity contribution >= 4 is 5.69 Å². The van der Waals surface area contributed by atoms with E-state index in [1.165, 1.54) is 16.7 Å². The SMILES string of the molecule is CC(C)(C)c1ccc2c(c1)C/C(=C/CCO)[C@H](c1cccc(O)c1)N2. The van der Waals surface area contributed by atoms with Crippen molar-refractivity contribution in [2.24, 2.45) is 0 Å². The number of fused-ring (bicyclic) bond motifs is 1.